The van der Waals surface area contributed by atoms with Crippen molar-refractivity contribution in [3.8, 4) is 0 Å². The van der Waals surface area contributed by atoms with Crippen LogP contribution in [0.3, 0.4) is 0 Å². The van der Waals surface area contributed by atoms with E-state index in [1.165, 1.54) is 56.2 Å². The van der Waals surface area contributed by atoms with Gasteiger partial charge in [-0.05, 0) is 19.3 Å². The molecule has 4 rings (SSSR count). The highest BCUT2D eigenvalue weighted by Gasteiger charge is 2.43. The lowest BCUT2D eigenvalue weighted by atomic mass is 10.5. The van der Waals surface area contributed by atoms with Crippen molar-refractivity contribution >= 4 is 21.6 Å². The van der Waals surface area contributed by atoms with Gasteiger partial charge in [-0.25, -0.2) is 13.5 Å². The second-order valence-electron chi connectivity index (χ2n) is 5.31. The Morgan fingerprint density at radius 3 is 0.867 bits per heavy atom. The molecule has 3 saturated heterocycles. The lowest BCUT2D eigenvalue weighted by Gasteiger charge is -2.46. The van der Waals surface area contributed by atoms with Crippen LogP contribution in [-0.4, -0.2) is 37.0 Å². The fourth-order valence-electron chi connectivity index (χ4n) is 2.84. The van der Waals surface area contributed by atoms with Crippen LogP contribution in [-0.2, 0) is 0 Å². The maximum Gasteiger partial charge on any atom is 0.0809 e. The van der Waals surface area contributed by atoms with E-state index in [0.29, 0.717) is 0 Å². The Bertz CT molecular complexity index is 379. The van der Waals surface area contributed by atoms with E-state index in [-0.39, 0.29) is 0 Å². The van der Waals surface area contributed by atoms with E-state index in [1.807, 2.05) is 0 Å². The molecule has 0 amide bonds. The van der Waals surface area contributed by atoms with E-state index in [4.69, 9.17) is 13.5 Å². The van der Waals surface area contributed by atoms with E-state index in [0.717, 1.165) is 0 Å². The highest BCUT2D eigenvalue weighted by Crippen LogP contribution is 2.84. The third kappa shape index (κ3) is 1.30. The van der Waals surface area contributed by atoms with Crippen molar-refractivity contribution in [1.82, 2.24) is 0 Å². The summed E-state index contributed by atoms with van der Waals surface area (Å²) in [6, 6.07) is 0. The van der Waals surface area contributed by atoms with Crippen LogP contribution >= 0.6 is 21.6 Å². The fourth-order valence-corrected chi connectivity index (χ4v) is 18.6. The largest absolute Gasteiger partial charge is 0.241 e. The SMILES string of the molecule is C1CP2(=NP3(=NP4(=N2)CCC4)CCC3)C1. The summed E-state index contributed by atoms with van der Waals surface area (Å²) in [6.45, 7) is 0. The minimum atomic E-state index is -1.08. The summed E-state index contributed by atoms with van der Waals surface area (Å²) in [4.78, 5) is 0. The molecule has 0 atom stereocenters. The molecule has 0 saturated carbocycles. The number of nitrogens with zero attached hydrogens (tertiary/aromatic N) is 3. The summed E-state index contributed by atoms with van der Waals surface area (Å²) in [6.07, 6.45) is 12.4. The van der Waals surface area contributed by atoms with Gasteiger partial charge in [0.2, 0.25) is 0 Å². The smallest absolute Gasteiger partial charge is 0.0809 e. The van der Waals surface area contributed by atoms with E-state index in [2.05, 4.69) is 0 Å². The topological polar surface area (TPSA) is 37.1 Å². The van der Waals surface area contributed by atoms with E-state index >= 15 is 0 Å². The maximum absolute atomic E-state index is 5.25. The van der Waals surface area contributed by atoms with E-state index in [9.17, 15) is 0 Å². The van der Waals surface area contributed by atoms with Crippen LogP contribution in [0.2, 0.25) is 0 Å². The average molecular weight is 261 g/mol. The van der Waals surface area contributed by atoms with Crippen molar-refractivity contribution in [3.05, 3.63) is 0 Å². The van der Waals surface area contributed by atoms with Crippen molar-refractivity contribution in [2.75, 3.05) is 37.0 Å². The maximum atomic E-state index is 5.25. The summed E-state index contributed by atoms with van der Waals surface area (Å²) >= 11 is 0. The second-order valence-corrected chi connectivity index (χ2v) is 15.4. The average Bonchev–Trinajstić information content (AvgIpc) is 2.10. The van der Waals surface area contributed by atoms with Crippen molar-refractivity contribution in [3.63, 3.8) is 0 Å². The molecule has 6 heteroatoms. The molecule has 0 aromatic carbocycles. The zero-order valence-corrected chi connectivity index (χ0v) is 11.7. The first-order valence-electron chi connectivity index (χ1n) is 6.10. The highest BCUT2D eigenvalue weighted by atomic mass is 31.3. The Kier molecular flexibility index (Phi) is 1.89. The Hall–Kier alpha value is 0.690. The Labute approximate surface area is 91.8 Å². The Morgan fingerprint density at radius 1 is 0.467 bits per heavy atom. The molecule has 3 nitrogen and oxygen atoms in total. The summed E-state index contributed by atoms with van der Waals surface area (Å²) < 4.78 is 15.8. The van der Waals surface area contributed by atoms with Gasteiger partial charge < -0.3 is 0 Å². The van der Waals surface area contributed by atoms with Gasteiger partial charge in [0, 0.05) is 37.0 Å². The number of rotatable bonds is 0. The van der Waals surface area contributed by atoms with Crippen molar-refractivity contribution in [2.45, 2.75) is 19.3 Å². The van der Waals surface area contributed by atoms with Crippen molar-refractivity contribution < 1.29 is 0 Å². The van der Waals surface area contributed by atoms with E-state index < -0.39 is 21.6 Å². The summed E-state index contributed by atoms with van der Waals surface area (Å²) in [7, 11) is -3.25. The molecule has 4 aliphatic rings. The van der Waals surface area contributed by atoms with Crippen molar-refractivity contribution in [2.24, 2.45) is 13.5 Å². The van der Waals surface area contributed by atoms with Crippen LogP contribution in [0.5, 0.6) is 0 Å². The van der Waals surface area contributed by atoms with Gasteiger partial charge in [0.25, 0.3) is 0 Å². The molecule has 0 N–H and O–H groups in total. The zero-order valence-electron chi connectivity index (χ0n) is 9.05. The minimum absolute atomic E-state index is 1.08. The first-order chi connectivity index (χ1) is 7.24. The molecule has 0 aliphatic carbocycles. The molecule has 0 aromatic heterocycles. The minimum Gasteiger partial charge on any atom is -0.241 e. The molecular weight excluding hydrogens is 243 g/mol. The third-order valence-electron chi connectivity index (χ3n) is 4.10. The summed E-state index contributed by atoms with van der Waals surface area (Å²) in [5.74, 6) is 0. The molecule has 0 radical (unpaired) electrons. The molecular formula is C9H18N3P3. The van der Waals surface area contributed by atoms with Gasteiger partial charge in [-0.2, -0.15) is 0 Å². The number of hydrogen-bond donors (Lipinski definition) is 0. The van der Waals surface area contributed by atoms with Crippen molar-refractivity contribution in [1.29, 1.82) is 0 Å². The first kappa shape index (κ1) is 9.69. The molecule has 0 bridgehead atoms. The molecule has 3 spiro atoms. The standard InChI is InChI=1S/C9H18N3P3/c1-4-13(5-1)10-14(6-2-7-14)12-15(11-13)8-3-9-15/h1-9H2. The van der Waals surface area contributed by atoms with Gasteiger partial charge in [0.1, 0.15) is 0 Å². The van der Waals surface area contributed by atoms with Gasteiger partial charge in [-0.3, -0.25) is 0 Å². The lowest BCUT2D eigenvalue weighted by Crippen LogP contribution is -2.17. The molecule has 84 valence electrons. The normalized spacial score (nSPS) is 36.8. The molecule has 4 aliphatic heterocycles. The Balaban J connectivity index is 1.92. The van der Waals surface area contributed by atoms with Gasteiger partial charge in [0.05, 0.1) is 21.6 Å². The predicted molar refractivity (Wildman–Crippen MR) is 71.1 cm³/mol. The van der Waals surface area contributed by atoms with Gasteiger partial charge in [-0.1, -0.05) is 0 Å². The van der Waals surface area contributed by atoms with E-state index in [1.54, 1.807) is 0 Å². The van der Waals surface area contributed by atoms with Crippen LogP contribution in [0.25, 0.3) is 0 Å². The molecule has 0 unspecified atom stereocenters. The first-order valence-corrected chi connectivity index (χ1v) is 12.3. The quantitative estimate of drug-likeness (QED) is 0.573. The number of hydrogen-bond acceptors (Lipinski definition) is 3. The van der Waals surface area contributed by atoms with Crippen LogP contribution in [0.4, 0.5) is 0 Å². The van der Waals surface area contributed by atoms with Crippen LogP contribution in [0.1, 0.15) is 19.3 Å². The lowest BCUT2D eigenvalue weighted by molar-refractivity contribution is 0.958. The molecule has 4 heterocycles. The zero-order chi connectivity index (χ0) is 9.99. The molecule has 0 aromatic rings. The fraction of sp³-hybridized carbons (Fsp3) is 1.00. The predicted octanol–water partition coefficient (Wildman–Crippen LogP) is 4.56. The van der Waals surface area contributed by atoms with Gasteiger partial charge in [0.15, 0.2) is 0 Å². The summed E-state index contributed by atoms with van der Waals surface area (Å²) in [5.41, 5.74) is 0. The Morgan fingerprint density at radius 2 is 0.733 bits per heavy atom. The monoisotopic (exact) mass is 261 g/mol. The summed E-state index contributed by atoms with van der Waals surface area (Å²) in [5, 5.41) is 0. The van der Waals surface area contributed by atoms with Crippen LogP contribution < -0.4 is 0 Å². The van der Waals surface area contributed by atoms with Gasteiger partial charge in [-0.15, -0.1) is 0 Å². The van der Waals surface area contributed by atoms with Crippen LogP contribution in [0.15, 0.2) is 13.5 Å². The van der Waals surface area contributed by atoms with Gasteiger partial charge >= 0.3 is 0 Å². The molecule has 15 heavy (non-hydrogen) atoms. The second kappa shape index (κ2) is 2.92. The highest BCUT2D eigenvalue weighted by molar-refractivity contribution is 7.88. The van der Waals surface area contributed by atoms with Crippen LogP contribution in [0, 0.1) is 0 Å². The third-order valence-corrected chi connectivity index (χ3v) is 18.3. The molecule has 3 fully saturated rings.